The first kappa shape index (κ1) is 11.0. The summed E-state index contributed by atoms with van der Waals surface area (Å²) in [5, 5.41) is 0. The molecule has 0 bridgehead atoms. The molecule has 1 aromatic carbocycles. The maximum Gasteiger partial charge on any atom is 0.222 e. The number of benzene rings is 1. The third-order valence-electron chi connectivity index (χ3n) is 1.48. The lowest BCUT2D eigenvalue weighted by molar-refractivity contribution is 0.601. The lowest BCUT2D eigenvalue weighted by Crippen LogP contribution is -1.99. The Hall–Kier alpha value is -1.08. The Morgan fingerprint density at radius 3 is 2.43 bits per heavy atom. The average molecular weight is 235 g/mol. The summed E-state index contributed by atoms with van der Waals surface area (Å²) >= 11 is 0. The number of nitrogens with one attached hydrogen (secondary N) is 1. The summed E-state index contributed by atoms with van der Waals surface area (Å²) in [6.07, 6.45) is 1.06. The first-order valence-electron chi connectivity index (χ1n) is 3.61. The predicted molar refractivity (Wildman–Crippen MR) is 53.5 cm³/mol. The van der Waals surface area contributed by atoms with Crippen LogP contribution in [0.4, 0.5) is 5.69 Å². The summed E-state index contributed by atoms with van der Waals surface area (Å²) in [5.41, 5.74) is 0.240. The van der Waals surface area contributed by atoms with Gasteiger partial charge >= 0.3 is 0 Å². The van der Waals surface area contributed by atoms with Gasteiger partial charge in [0.05, 0.1) is 4.90 Å². The summed E-state index contributed by atoms with van der Waals surface area (Å²) in [6.45, 7) is 0. The standard InChI is InChI=1S/C7H9NO4S2/c1-14(11,12)7-4-2-3-6(5-7)8-13(9)10/h2-5,13H,1H3,(H,8,9,10). The number of thiol groups is 1. The Morgan fingerprint density at radius 1 is 1.29 bits per heavy atom. The van der Waals surface area contributed by atoms with Crippen molar-refractivity contribution < 1.29 is 16.8 Å². The molecule has 1 N–H and O–H groups in total. The predicted octanol–water partition coefficient (Wildman–Crippen LogP) is 0.0284. The maximum absolute atomic E-state index is 11.1. The van der Waals surface area contributed by atoms with E-state index in [2.05, 4.69) is 4.72 Å². The highest BCUT2D eigenvalue weighted by atomic mass is 32.2. The Kier molecular flexibility index (Phi) is 3.12. The molecule has 0 saturated carbocycles. The second-order valence-electron chi connectivity index (χ2n) is 2.67. The molecule has 0 saturated heterocycles. The van der Waals surface area contributed by atoms with Gasteiger partial charge in [-0.15, -0.1) is 0 Å². The molecule has 78 valence electrons. The summed E-state index contributed by atoms with van der Waals surface area (Å²) < 4.78 is 44.9. The molecule has 0 amide bonds. The molecule has 14 heavy (non-hydrogen) atoms. The van der Waals surface area contributed by atoms with Crippen LogP contribution < -0.4 is 4.72 Å². The summed E-state index contributed by atoms with van der Waals surface area (Å²) in [7, 11) is -6.07. The van der Waals surface area contributed by atoms with Crippen LogP contribution in [0.2, 0.25) is 0 Å². The normalized spacial score (nSPS) is 11.6. The van der Waals surface area contributed by atoms with Gasteiger partial charge in [-0.1, -0.05) is 6.07 Å². The van der Waals surface area contributed by atoms with E-state index < -0.39 is 20.7 Å². The Bertz CT molecular complexity index is 496. The van der Waals surface area contributed by atoms with Crippen LogP contribution in [0.3, 0.4) is 0 Å². The zero-order valence-electron chi connectivity index (χ0n) is 7.30. The second-order valence-corrected chi connectivity index (χ2v) is 5.42. The number of hydrogen-bond donors (Lipinski definition) is 2. The van der Waals surface area contributed by atoms with Gasteiger partial charge in [0, 0.05) is 11.9 Å². The molecule has 0 radical (unpaired) electrons. The van der Waals surface area contributed by atoms with Gasteiger partial charge in [0.2, 0.25) is 10.9 Å². The van der Waals surface area contributed by atoms with Crippen LogP contribution in [-0.2, 0) is 20.7 Å². The van der Waals surface area contributed by atoms with Gasteiger partial charge in [-0.25, -0.2) is 16.8 Å². The smallest absolute Gasteiger partial charge is 0.222 e. The van der Waals surface area contributed by atoms with Crippen LogP contribution in [0.1, 0.15) is 0 Å². The molecule has 0 aromatic heterocycles. The average Bonchev–Trinajstić information content (AvgIpc) is 2.01. The van der Waals surface area contributed by atoms with Crippen molar-refractivity contribution in [3.8, 4) is 0 Å². The fourth-order valence-electron chi connectivity index (χ4n) is 0.902. The van der Waals surface area contributed by atoms with Gasteiger partial charge in [0.15, 0.2) is 9.84 Å². The van der Waals surface area contributed by atoms with E-state index in [0.717, 1.165) is 6.26 Å². The molecule has 1 rings (SSSR count). The molecule has 0 unspecified atom stereocenters. The van der Waals surface area contributed by atoms with E-state index in [9.17, 15) is 16.8 Å². The van der Waals surface area contributed by atoms with E-state index in [-0.39, 0.29) is 10.6 Å². The molecule has 0 aliphatic rings. The van der Waals surface area contributed by atoms with Crippen molar-refractivity contribution in [3.05, 3.63) is 24.3 Å². The van der Waals surface area contributed by atoms with E-state index in [1.807, 2.05) is 0 Å². The van der Waals surface area contributed by atoms with Crippen LogP contribution in [0.25, 0.3) is 0 Å². The Labute approximate surface area is 83.8 Å². The van der Waals surface area contributed by atoms with Gasteiger partial charge in [0.25, 0.3) is 0 Å². The molecular formula is C7H9NO4S2. The highest BCUT2D eigenvalue weighted by molar-refractivity contribution is 7.90. The minimum atomic E-state index is -3.30. The van der Waals surface area contributed by atoms with Gasteiger partial charge in [0.1, 0.15) is 0 Å². The van der Waals surface area contributed by atoms with Crippen molar-refractivity contribution >= 4 is 26.4 Å². The van der Waals surface area contributed by atoms with E-state index >= 15 is 0 Å². The fraction of sp³-hybridized carbons (Fsp3) is 0.143. The summed E-state index contributed by atoms with van der Waals surface area (Å²) in [6, 6.07) is 5.61. The highest BCUT2D eigenvalue weighted by Gasteiger charge is 2.06. The van der Waals surface area contributed by atoms with Crippen molar-refractivity contribution in [2.24, 2.45) is 0 Å². The monoisotopic (exact) mass is 235 g/mol. The molecule has 5 nitrogen and oxygen atoms in total. The zero-order valence-corrected chi connectivity index (χ0v) is 9.01. The molecule has 1 aromatic rings. The highest BCUT2D eigenvalue weighted by Crippen LogP contribution is 2.14. The van der Waals surface area contributed by atoms with E-state index in [1.54, 1.807) is 0 Å². The molecule has 0 spiro atoms. The first-order valence-corrected chi connectivity index (χ1v) is 6.67. The van der Waals surface area contributed by atoms with Crippen molar-refractivity contribution in [3.63, 3.8) is 0 Å². The summed E-state index contributed by atoms with van der Waals surface area (Å²) in [4.78, 5) is 0.0827. The fourth-order valence-corrected chi connectivity index (χ4v) is 1.92. The quantitative estimate of drug-likeness (QED) is 0.724. The van der Waals surface area contributed by atoms with Crippen LogP contribution >= 0.6 is 0 Å². The van der Waals surface area contributed by atoms with Gasteiger partial charge in [-0.2, -0.15) is 0 Å². The van der Waals surface area contributed by atoms with Crippen molar-refractivity contribution in [1.29, 1.82) is 0 Å². The largest absolute Gasteiger partial charge is 0.286 e. The van der Waals surface area contributed by atoms with Gasteiger partial charge in [-0.3, -0.25) is 4.72 Å². The number of rotatable bonds is 3. The molecule has 0 fully saturated rings. The van der Waals surface area contributed by atoms with E-state index in [1.165, 1.54) is 24.3 Å². The van der Waals surface area contributed by atoms with Gasteiger partial charge < -0.3 is 0 Å². The van der Waals surface area contributed by atoms with Crippen LogP contribution in [0, 0.1) is 0 Å². The van der Waals surface area contributed by atoms with E-state index in [4.69, 9.17) is 0 Å². The third kappa shape index (κ3) is 3.00. The molecule has 0 aliphatic carbocycles. The minimum Gasteiger partial charge on any atom is -0.286 e. The molecule has 0 aliphatic heterocycles. The molecule has 0 atom stereocenters. The molecule has 7 heteroatoms. The van der Waals surface area contributed by atoms with Crippen LogP contribution in [-0.4, -0.2) is 23.1 Å². The Balaban J connectivity index is 3.14. The maximum atomic E-state index is 11.1. The van der Waals surface area contributed by atoms with Gasteiger partial charge in [-0.05, 0) is 18.2 Å². The zero-order chi connectivity index (χ0) is 10.8. The Morgan fingerprint density at radius 2 is 1.93 bits per heavy atom. The molecule has 0 heterocycles. The SMILES string of the molecule is CS(=O)(=O)c1cccc(N[SH](=O)=O)c1. The van der Waals surface area contributed by atoms with Crippen LogP contribution in [0.15, 0.2) is 29.2 Å². The summed E-state index contributed by atoms with van der Waals surface area (Å²) in [5.74, 6) is 0. The number of sulfone groups is 1. The first-order chi connectivity index (χ1) is 6.39. The lowest BCUT2D eigenvalue weighted by atomic mass is 10.3. The topological polar surface area (TPSA) is 80.3 Å². The van der Waals surface area contributed by atoms with Crippen molar-refractivity contribution in [1.82, 2.24) is 0 Å². The van der Waals surface area contributed by atoms with Crippen molar-refractivity contribution in [2.75, 3.05) is 11.0 Å². The van der Waals surface area contributed by atoms with Crippen LogP contribution in [0.5, 0.6) is 0 Å². The lowest BCUT2D eigenvalue weighted by Gasteiger charge is -2.01. The minimum absolute atomic E-state index is 0.0827. The third-order valence-corrected chi connectivity index (χ3v) is 3.03. The molecular weight excluding hydrogens is 226 g/mol. The number of hydrogen-bond acceptors (Lipinski definition) is 4. The van der Waals surface area contributed by atoms with E-state index in [0.29, 0.717) is 0 Å². The van der Waals surface area contributed by atoms with Crippen molar-refractivity contribution in [2.45, 2.75) is 4.90 Å². The number of anilines is 1. The second kappa shape index (κ2) is 3.97.